The number of hydrogen-bond donors (Lipinski definition) is 2. The third-order valence-electron chi connectivity index (χ3n) is 1.39. The van der Waals surface area contributed by atoms with Gasteiger partial charge in [0, 0.05) is 0 Å². The van der Waals surface area contributed by atoms with Crippen molar-refractivity contribution in [3.63, 3.8) is 0 Å². The Morgan fingerprint density at radius 2 is 1.75 bits per heavy atom. The second-order valence-electron chi connectivity index (χ2n) is 4.13. The fourth-order valence-corrected chi connectivity index (χ4v) is 1.48. The zero-order valence-electron chi connectivity index (χ0n) is 9.13. The van der Waals surface area contributed by atoms with E-state index < -0.39 is 39.3 Å². The van der Waals surface area contributed by atoms with E-state index in [-0.39, 0.29) is 0 Å². The summed E-state index contributed by atoms with van der Waals surface area (Å²) in [7, 11) is -4.79. The van der Waals surface area contributed by atoms with Gasteiger partial charge in [0.15, 0.2) is 5.25 Å². The molecule has 0 saturated heterocycles. The van der Waals surface area contributed by atoms with Gasteiger partial charge in [-0.25, -0.2) is 0 Å². The molecule has 2 N–H and O–H groups in total. The van der Waals surface area contributed by atoms with Crippen molar-refractivity contribution < 1.29 is 32.4 Å². The van der Waals surface area contributed by atoms with E-state index >= 15 is 0 Å². The molecule has 7 nitrogen and oxygen atoms in total. The monoisotopic (exact) mass is 254 g/mol. The summed E-state index contributed by atoms with van der Waals surface area (Å²) in [6.45, 7) is 4.48. The van der Waals surface area contributed by atoms with Gasteiger partial charge < -0.3 is 9.84 Å². The van der Waals surface area contributed by atoms with E-state index in [1.165, 1.54) is 20.8 Å². The van der Waals surface area contributed by atoms with Crippen LogP contribution in [0.25, 0.3) is 0 Å². The molecule has 0 aromatic heterocycles. The number of carbonyl (C=O) groups excluding carboxylic acids is 1. The lowest BCUT2D eigenvalue weighted by Crippen LogP contribution is -2.38. The van der Waals surface area contributed by atoms with Crippen LogP contribution in [0.1, 0.15) is 27.2 Å². The van der Waals surface area contributed by atoms with Gasteiger partial charge in [0.2, 0.25) is 0 Å². The summed E-state index contributed by atoms with van der Waals surface area (Å²) in [6, 6.07) is 0. The molecule has 0 saturated carbocycles. The molecule has 16 heavy (non-hydrogen) atoms. The van der Waals surface area contributed by atoms with Crippen molar-refractivity contribution in [2.45, 2.75) is 38.0 Å². The van der Waals surface area contributed by atoms with Crippen LogP contribution in [0.5, 0.6) is 0 Å². The van der Waals surface area contributed by atoms with Crippen molar-refractivity contribution >= 4 is 22.1 Å². The van der Waals surface area contributed by atoms with Gasteiger partial charge in [-0.3, -0.25) is 14.1 Å². The minimum atomic E-state index is -4.79. The van der Waals surface area contributed by atoms with E-state index in [1.54, 1.807) is 0 Å². The van der Waals surface area contributed by atoms with E-state index in [2.05, 4.69) is 4.74 Å². The van der Waals surface area contributed by atoms with E-state index in [9.17, 15) is 18.0 Å². The first-order valence-electron chi connectivity index (χ1n) is 4.34. The second-order valence-corrected chi connectivity index (χ2v) is 5.73. The van der Waals surface area contributed by atoms with E-state index in [0.29, 0.717) is 0 Å². The predicted molar refractivity (Wildman–Crippen MR) is 53.4 cm³/mol. The summed E-state index contributed by atoms with van der Waals surface area (Å²) in [6.07, 6.45) is -1.03. The first-order valence-corrected chi connectivity index (χ1v) is 5.85. The highest BCUT2D eigenvalue weighted by Crippen LogP contribution is 2.14. The van der Waals surface area contributed by atoms with Crippen molar-refractivity contribution in [1.82, 2.24) is 0 Å². The molecular weight excluding hydrogens is 240 g/mol. The van der Waals surface area contributed by atoms with Gasteiger partial charge in [-0.05, 0) is 20.8 Å². The summed E-state index contributed by atoms with van der Waals surface area (Å²) in [5.41, 5.74) is -0.960. The Morgan fingerprint density at radius 1 is 1.31 bits per heavy atom. The number of hydrogen-bond acceptors (Lipinski definition) is 5. The lowest BCUT2D eigenvalue weighted by Gasteiger charge is -2.21. The molecule has 0 aromatic rings. The Bertz CT molecular complexity index is 376. The zero-order valence-corrected chi connectivity index (χ0v) is 9.94. The number of esters is 1. The standard InChI is InChI=1S/C8H14O7S/c1-8(2,3)15-7(11)5(4-6(9)10)16(12,13)14/h5H,4H2,1-3H3,(H,9,10)(H,12,13,14). The molecule has 8 heteroatoms. The lowest BCUT2D eigenvalue weighted by molar-refractivity contribution is -0.156. The Hall–Kier alpha value is -1.15. The van der Waals surface area contributed by atoms with Crippen LogP contribution >= 0.6 is 0 Å². The van der Waals surface area contributed by atoms with Gasteiger partial charge in [0.1, 0.15) is 5.60 Å². The van der Waals surface area contributed by atoms with E-state index in [1.807, 2.05) is 0 Å². The quantitative estimate of drug-likeness (QED) is 0.537. The van der Waals surface area contributed by atoms with Crippen LogP contribution in [0.2, 0.25) is 0 Å². The molecule has 0 aromatic carbocycles. The molecule has 0 amide bonds. The fourth-order valence-electron chi connectivity index (χ4n) is 0.836. The van der Waals surface area contributed by atoms with Gasteiger partial charge in [-0.1, -0.05) is 0 Å². The summed E-state index contributed by atoms with van der Waals surface area (Å²) in [5.74, 6) is -2.80. The second kappa shape index (κ2) is 4.79. The molecule has 0 fully saturated rings. The predicted octanol–water partition coefficient (Wildman–Crippen LogP) is 0.0592. The largest absolute Gasteiger partial charge is 0.481 e. The topological polar surface area (TPSA) is 118 Å². The third kappa shape index (κ3) is 5.66. The van der Waals surface area contributed by atoms with E-state index in [0.717, 1.165) is 0 Å². The summed E-state index contributed by atoms with van der Waals surface area (Å²) in [5, 5.41) is 6.32. The summed E-state index contributed by atoms with van der Waals surface area (Å²) < 4.78 is 35.0. The highest BCUT2D eigenvalue weighted by molar-refractivity contribution is 7.87. The van der Waals surface area contributed by atoms with Crippen LogP contribution in [0.4, 0.5) is 0 Å². The van der Waals surface area contributed by atoms with Crippen molar-refractivity contribution in [1.29, 1.82) is 0 Å². The number of ether oxygens (including phenoxy) is 1. The molecular formula is C8H14O7S. The Morgan fingerprint density at radius 3 is 2.00 bits per heavy atom. The Kier molecular flexibility index (Phi) is 4.45. The molecule has 1 atom stereocenters. The van der Waals surface area contributed by atoms with Crippen LogP contribution in [-0.2, 0) is 24.4 Å². The number of carboxylic acids is 1. The summed E-state index contributed by atoms with van der Waals surface area (Å²) >= 11 is 0. The molecule has 0 rings (SSSR count). The molecule has 0 aliphatic carbocycles. The third-order valence-corrected chi connectivity index (χ3v) is 2.47. The smallest absolute Gasteiger partial charge is 0.327 e. The zero-order chi connectivity index (χ0) is 13.1. The molecule has 1 unspecified atom stereocenters. The van der Waals surface area contributed by atoms with Crippen LogP contribution in [0.15, 0.2) is 0 Å². The molecule has 94 valence electrons. The lowest BCUT2D eigenvalue weighted by atomic mass is 10.2. The fraction of sp³-hybridized carbons (Fsp3) is 0.750. The number of carbonyl (C=O) groups is 2. The highest BCUT2D eigenvalue weighted by atomic mass is 32.2. The summed E-state index contributed by atoms with van der Waals surface area (Å²) in [4.78, 5) is 21.7. The average Bonchev–Trinajstić information content (AvgIpc) is 1.93. The minimum absolute atomic E-state index is 0.960. The Labute approximate surface area is 93.2 Å². The maximum absolute atomic E-state index is 11.3. The van der Waals surface area contributed by atoms with Crippen molar-refractivity contribution in [3.05, 3.63) is 0 Å². The number of rotatable bonds is 4. The van der Waals surface area contributed by atoms with Crippen LogP contribution < -0.4 is 0 Å². The van der Waals surface area contributed by atoms with Gasteiger partial charge in [-0.15, -0.1) is 0 Å². The maximum atomic E-state index is 11.3. The molecule has 0 aliphatic heterocycles. The molecule has 0 heterocycles. The molecule has 0 bridgehead atoms. The SMILES string of the molecule is CC(C)(C)OC(=O)C(CC(=O)O)S(=O)(=O)O. The van der Waals surface area contributed by atoms with Crippen LogP contribution in [-0.4, -0.2) is 40.9 Å². The first kappa shape index (κ1) is 14.8. The van der Waals surface area contributed by atoms with Gasteiger partial charge in [0.25, 0.3) is 10.1 Å². The molecule has 0 radical (unpaired) electrons. The maximum Gasteiger partial charge on any atom is 0.327 e. The van der Waals surface area contributed by atoms with Gasteiger partial charge >= 0.3 is 11.9 Å². The molecule has 0 aliphatic rings. The number of carboxylic acid groups (broad SMARTS) is 1. The average molecular weight is 254 g/mol. The van der Waals surface area contributed by atoms with Gasteiger partial charge in [0.05, 0.1) is 6.42 Å². The first-order chi connectivity index (χ1) is 6.93. The van der Waals surface area contributed by atoms with Crippen molar-refractivity contribution in [2.24, 2.45) is 0 Å². The van der Waals surface area contributed by atoms with Crippen molar-refractivity contribution in [2.75, 3.05) is 0 Å². The Balaban J connectivity index is 4.93. The number of aliphatic carboxylic acids is 1. The molecule has 0 spiro atoms. The van der Waals surface area contributed by atoms with Crippen LogP contribution in [0, 0.1) is 0 Å². The normalized spacial score (nSPS) is 14.2. The highest BCUT2D eigenvalue weighted by Gasteiger charge is 2.36. The van der Waals surface area contributed by atoms with E-state index in [4.69, 9.17) is 9.66 Å². The minimum Gasteiger partial charge on any atom is -0.481 e. The van der Waals surface area contributed by atoms with Gasteiger partial charge in [-0.2, -0.15) is 8.42 Å². The van der Waals surface area contributed by atoms with Crippen molar-refractivity contribution in [3.8, 4) is 0 Å². The van der Waals surface area contributed by atoms with Crippen LogP contribution in [0.3, 0.4) is 0 Å².